The van der Waals surface area contributed by atoms with E-state index < -0.39 is 6.04 Å². The summed E-state index contributed by atoms with van der Waals surface area (Å²) in [7, 11) is 1.37. The third kappa shape index (κ3) is 3.26. The number of methoxy groups -OCH3 is 1. The van der Waals surface area contributed by atoms with Gasteiger partial charge in [-0.15, -0.1) is 0 Å². The predicted octanol–water partition coefficient (Wildman–Crippen LogP) is 1.64. The second kappa shape index (κ2) is 6.06. The van der Waals surface area contributed by atoms with Crippen molar-refractivity contribution >= 4 is 11.7 Å². The Morgan fingerprint density at radius 2 is 2.11 bits per heavy atom. The Bertz CT molecular complexity index is 453. The van der Waals surface area contributed by atoms with Gasteiger partial charge in [-0.1, -0.05) is 6.07 Å². The molecule has 1 saturated heterocycles. The number of hydrogen-bond acceptors (Lipinski definition) is 4. The van der Waals surface area contributed by atoms with Gasteiger partial charge < -0.3 is 15.4 Å². The number of ether oxygens (including phenoxy) is 1. The minimum Gasteiger partial charge on any atom is -0.468 e. The van der Waals surface area contributed by atoms with Crippen LogP contribution in [0.2, 0.25) is 0 Å². The summed E-state index contributed by atoms with van der Waals surface area (Å²) in [5, 5.41) is 0. The molecule has 4 nitrogen and oxygen atoms in total. The molecule has 0 saturated carbocycles. The maximum Gasteiger partial charge on any atom is 0.322 e. The molecule has 0 radical (unpaired) electrons. The van der Waals surface area contributed by atoms with Crippen molar-refractivity contribution in [1.29, 1.82) is 0 Å². The normalized spacial score (nSPS) is 16.5. The first-order chi connectivity index (χ1) is 9.11. The van der Waals surface area contributed by atoms with Crippen molar-refractivity contribution in [2.24, 2.45) is 5.73 Å². The number of rotatable bonds is 4. The van der Waals surface area contributed by atoms with E-state index in [2.05, 4.69) is 34.8 Å². The standard InChI is InChI=1S/C15H22N2O2/c1-11-9-13(17-7-3-4-8-17)6-5-12(11)10-14(16)15(18)19-2/h5-6,9,14H,3-4,7-8,10,16H2,1-2H3. The summed E-state index contributed by atoms with van der Waals surface area (Å²) < 4.78 is 4.66. The van der Waals surface area contributed by atoms with Crippen molar-refractivity contribution < 1.29 is 9.53 Å². The van der Waals surface area contributed by atoms with Crippen LogP contribution in [0.5, 0.6) is 0 Å². The third-order valence-electron chi connectivity index (χ3n) is 3.74. The third-order valence-corrected chi connectivity index (χ3v) is 3.74. The lowest BCUT2D eigenvalue weighted by Gasteiger charge is -2.19. The molecule has 104 valence electrons. The molecule has 1 aliphatic heterocycles. The minimum absolute atomic E-state index is 0.358. The fourth-order valence-corrected chi connectivity index (χ4v) is 2.55. The molecule has 19 heavy (non-hydrogen) atoms. The molecule has 1 unspecified atom stereocenters. The van der Waals surface area contributed by atoms with E-state index in [1.54, 1.807) is 0 Å². The average Bonchev–Trinajstić information content (AvgIpc) is 2.94. The molecule has 2 rings (SSSR count). The molecule has 1 fully saturated rings. The van der Waals surface area contributed by atoms with Crippen LogP contribution in [0.3, 0.4) is 0 Å². The minimum atomic E-state index is -0.582. The molecule has 1 aliphatic rings. The molecule has 0 bridgehead atoms. The van der Waals surface area contributed by atoms with Crippen molar-refractivity contribution in [2.75, 3.05) is 25.1 Å². The maximum absolute atomic E-state index is 11.3. The highest BCUT2D eigenvalue weighted by Gasteiger charge is 2.17. The molecular weight excluding hydrogens is 240 g/mol. The molecule has 0 amide bonds. The molecule has 0 spiro atoms. The molecule has 0 aromatic heterocycles. The number of benzene rings is 1. The Balaban J connectivity index is 2.08. The zero-order valence-corrected chi connectivity index (χ0v) is 11.7. The van der Waals surface area contributed by atoms with E-state index in [-0.39, 0.29) is 5.97 Å². The highest BCUT2D eigenvalue weighted by Crippen LogP contribution is 2.23. The molecule has 2 N–H and O–H groups in total. The highest BCUT2D eigenvalue weighted by molar-refractivity contribution is 5.75. The number of nitrogens with zero attached hydrogens (tertiary/aromatic N) is 1. The lowest BCUT2D eigenvalue weighted by Crippen LogP contribution is -2.33. The van der Waals surface area contributed by atoms with Gasteiger partial charge >= 0.3 is 5.97 Å². The van der Waals surface area contributed by atoms with E-state index in [1.165, 1.54) is 31.2 Å². The molecular formula is C15H22N2O2. The van der Waals surface area contributed by atoms with Crippen molar-refractivity contribution in [3.63, 3.8) is 0 Å². The number of nitrogens with two attached hydrogens (primary N) is 1. The average molecular weight is 262 g/mol. The van der Waals surface area contributed by atoms with Gasteiger partial charge in [0.2, 0.25) is 0 Å². The Hall–Kier alpha value is -1.55. The number of esters is 1. The van der Waals surface area contributed by atoms with Crippen LogP contribution in [-0.4, -0.2) is 32.2 Å². The Kier molecular flexibility index (Phi) is 4.43. The van der Waals surface area contributed by atoms with Gasteiger partial charge in [0.25, 0.3) is 0 Å². The highest BCUT2D eigenvalue weighted by atomic mass is 16.5. The summed E-state index contributed by atoms with van der Waals surface area (Å²) in [5.41, 5.74) is 9.37. The summed E-state index contributed by atoms with van der Waals surface area (Å²) in [5.74, 6) is -0.358. The number of carbonyl (C=O) groups is 1. The predicted molar refractivity (Wildman–Crippen MR) is 76.3 cm³/mol. The fraction of sp³-hybridized carbons (Fsp3) is 0.533. The number of anilines is 1. The number of aryl methyl sites for hydroxylation is 1. The zero-order valence-electron chi connectivity index (χ0n) is 11.7. The van der Waals surface area contributed by atoms with E-state index in [0.717, 1.165) is 18.7 Å². The van der Waals surface area contributed by atoms with Gasteiger partial charge in [0.1, 0.15) is 6.04 Å². The van der Waals surface area contributed by atoms with Crippen LogP contribution in [0.15, 0.2) is 18.2 Å². The molecule has 1 heterocycles. The molecule has 1 aromatic carbocycles. The van der Waals surface area contributed by atoms with Gasteiger partial charge in [-0.3, -0.25) is 4.79 Å². The van der Waals surface area contributed by atoms with Gasteiger partial charge in [0.05, 0.1) is 7.11 Å². The number of hydrogen-bond donors (Lipinski definition) is 1. The quantitative estimate of drug-likeness (QED) is 0.838. The van der Waals surface area contributed by atoms with Crippen molar-refractivity contribution in [3.05, 3.63) is 29.3 Å². The summed E-state index contributed by atoms with van der Waals surface area (Å²) in [4.78, 5) is 13.7. The van der Waals surface area contributed by atoms with E-state index in [9.17, 15) is 4.79 Å². The van der Waals surface area contributed by atoms with Gasteiger partial charge in [0.15, 0.2) is 0 Å². The first-order valence-corrected chi connectivity index (χ1v) is 6.79. The molecule has 4 heteroatoms. The fourth-order valence-electron chi connectivity index (χ4n) is 2.55. The largest absolute Gasteiger partial charge is 0.468 e. The van der Waals surface area contributed by atoms with Crippen molar-refractivity contribution in [3.8, 4) is 0 Å². The second-order valence-corrected chi connectivity index (χ2v) is 5.14. The molecule has 1 aromatic rings. The number of carbonyl (C=O) groups excluding carboxylic acids is 1. The SMILES string of the molecule is COC(=O)C(N)Cc1ccc(N2CCCC2)cc1C. The summed E-state index contributed by atoms with van der Waals surface area (Å²) in [6, 6.07) is 5.80. The van der Waals surface area contributed by atoms with Gasteiger partial charge in [-0.25, -0.2) is 0 Å². The van der Waals surface area contributed by atoms with Gasteiger partial charge in [0, 0.05) is 18.8 Å². The summed E-state index contributed by atoms with van der Waals surface area (Å²) in [6.07, 6.45) is 3.07. The van der Waals surface area contributed by atoms with E-state index in [1.807, 2.05) is 0 Å². The summed E-state index contributed by atoms with van der Waals surface area (Å²) in [6.45, 7) is 4.35. The van der Waals surface area contributed by atoms with Crippen LogP contribution < -0.4 is 10.6 Å². The topological polar surface area (TPSA) is 55.6 Å². The van der Waals surface area contributed by atoms with Crippen LogP contribution in [0.4, 0.5) is 5.69 Å². The first-order valence-electron chi connectivity index (χ1n) is 6.79. The van der Waals surface area contributed by atoms with Crippen molar-refractivity contribution in [2.45, 2.75) is 32.2 Å². The zero-order chi connectivity index (χ0) is 13.8. The second-order valence-electron chi connectivity index (χ2n) is 5.14. The van der Waals surface area contributed by atoms with Crippen LogP contribution in [0.25, 0.3) is 0 Å². The van der Waals surface area contributed by atoms with Gasteiger partial charge in [-0.05, 0) is 49.4 Å². The smallest absolute Gasteiger partial charge is 0.322 e. The van der Waals surface area contributed by atoms with E-state index >= 15 is 0 Å². The Morgan fingerprint density at radius 3 is 2.68 bits per heavy atom. The van der Waals surface area contributed by atoms with Gasteiger partial charge in [-0.2, -0.15) is 0 Å². The first kappa shape index (κ1) is 13.9. The van der Waals surface area contributed by atoms with Crippen molar-refractivity contribution in [1.82, 2.24) is 0 Å². The monoisotopic (exact) mass is 262 g/mol. The lowest BCUT2D eigenvalue weighted by atomic mass is 10.0. The van der Waals surface area contributed by atoms with E-state index in [0.29, 0.717) is 6.42 Å². The van der Waals surface area contributed by atoms with Crippen LogP contribution >= 0.6 is 0 Å². The van der Waals surface area contributed by atoms with Crippen LogP contribution in [0, 0.1) is 6.92 Å². The maximum atomic E-state index is 11.3. The van der Waals surface area contributed by atoms with E-state index in [4.69, 9.17) is 5.73 Å². The Morgan fingerprint density at radius 1 is 1.42 bits per heavy atom. The molecule has 0 aliphatic carbocycles. The van der Waals surface area contributed by atoms with Crippen LogP contribution in [-0.2, 0) is 16.0 Å². The summed E-state index contributed by atoms with van der Waals surface area (Å²) >= 11 is 0. The Labute approximate surface area is 114 Å². The van der Waals surface area contributed by atoms with Crippen LogP contribution in [0.1, 0.15) is 24.0 Å². The molecule has 1 atom stereocenters. The lowest BCUT2D eigenvalue weighted by molar-refractivity contribution is -0.142.